The van der Waals surface area contributed by atoms with Crippen LogP contribution in [0.2, 0.25) is 0 Å². The number of hydrogen-bond donors (Lipinski definition) is 0. The van der Waals surface area contributed by atoms with Gasteiger partial charge in [-0.1, -0.05) is 64.5 Å². The van der Waals surface area contributed by atoms with Gasteiger partial charge in [-0.15, -0.1) is 13.2 Å². The molecule has 0 bridgehead atoms. The van der Waals surface area contributed by atoms with Crippen LogP contribution >= 0.6 is 0 Å². The summed E-state index contributed by atoms with van der Waals surface area (Å²) in [5.74, 6) is 0.301. The van der Waals surface area contributed by atoms with Gasteiger partial charge in [0.15, 0.2) is 0 Å². The summed E-state index contributed by atoms with van der Waals surface area (Å²) in [6.07, 6.45) is 4.72. The summed E-state index contributed by atoms with van der Waals surface area (Å²) in [6.45, 7) is 4.35. The summed E-state index contributed by atoms with van der Waals surface area (Å²) < 4.78 is 40.5. The fraction of sp³-hybridized carbons (Fsp3) is 0.667. The number of rotatable bonds is 10. The zero-order valence-electron chi connectivity index (χ0n) is 13.6. The van der Waals surface area contributed by atoms with Crippen LogP contribution < -0.4 is 4.74 Å². The van der Waals surface area contributed by atoms with E-state index in [9.17, 15) is 13.2 Å². The molecule has 4 heteroatoms. The smallest absolute Gasteiger partial charge is 0.406 e. The summed E-state index contributed by atoms with van der Waals surface area (Å²) in [5, 5.41) is 0. The van der Waals surface area contributed by atoms with Crippen LogP contribution in [-0.4, -0.2) is 6.36 Å². The minimum Gasteiger partial charge on any atom is -0.406 e. The Balaban J connectivity index is 2.66. The molecule has 0 unspecified atom stereocenters. The van der Waals surface area contributed by atoms with E-state index < -0.39 is 6.36 Å². The van der Waals surface area contributed by atoms with Crippen LogP contribution in [0, 0.1) is 0 Å². The van der Waals surface area contributed by atoms with Crippen LogP contribution in [0.5, 0.6) is 5.75 Å². The zero-order valence-corrected chi connectivity index (χ0v) is 13.6. The van der Waals surface area contributed by atoms with Crippen LogP contribution in [0.1, 0.15) is 76.7 Å². The van der Waals surface area contributed by atoms with Gasteiger partial charge in [0, 0.05) is 0 Å². The molecule has 0 aliphatic carbocycles. The number of unbranched alkanes of at least 4 members (excludes halogenated alkanes) is 4. The molecule has 1 nitrogen and oxygen atoms in total. The summed E-state index contributed by atoms with van der Waals surface area (Å²) in [6, 6.07) is 6.41. The summed E-state index contributed by atoms with van der Waals surface area (Å²) in [4.78, 5) is 0. The van der Waals surface area contributed by atoms with Crippen LogP contribution in [0.15, 0.2) is 24.3 Å². The first-order chi connectivity index (χ1) is 10.5. The van der Waals surface area contributed by atoms with Gasteiger partial charge in [0.2, 0.25) is 0 Å². The van der Waals surface area contributed by atoms with Gasteiger partial charge in [-0.25, -0.2) is 0 Å². The quantitative estimate of drug-likeness (QED) is 0.430. The van der Waals surface area contributed by atoms with Gasteiger partial charge in [-0.05, 0) is 36.5 Å². The predicted molar refractivity (Wildman–Crippen MR) is 84.2 cm³/mol. The van der Waals surface area contributed by atoms with Crippen LogP contribution in [0.3, 0.4) is 0 Å². The van der Waals surface area contributed by atoms with Gasteiger partial charge < -0.3 is 4.74 Å². The summed E-state index contributed by atoms with van der Waals surface area (Å²) >= 11 is 0. The molecule has 126 valence electrons. The lowest BCUT2D eigenvalue weighted by Gasteiger charge is -2.18. The highest BCUT2D eigenvalue weighted by Gasteiger charge is 2.31. The van der Waals surface area contributed by atoms with Crippen molar-refractivity contribution in [2.45, 2.75) is 77.5 Å². The maximum atomic E-state index is 12.2. The second-order valence-corrected chi connectivity index (χ2v) is 5.81. The Hall–Kier alpha value is -1.19. The zero-order chi connectivity index (χ0) is 16.4. The van der Waals surface area contributed by atoms with E-state index in [1.54, 1.807) is 12.1 Å². The van der Waals surface area contributed by atoms with Crippen LogP contribution in [-0.2, 0) is 0 Å². The molecule has 1 aromatic carbocycles. The van der Waals surface area contributed by atoms with Crippen LogP contribution in [0.25, 0.3) is 0 Å². The number of halogens is 3. The van der Waals surface area contributed by atoms with Crippen molar-refractivity contribution >= 4 is 0 Å². The minimum atomic E-state index is -4.62. The maximum Gasteiger partial charge on any atom is 0.573 e. The van der Waals surface area contributed by atoms with E-state index in [0.717, 1.165) is 18.4 Å². The van der Waals surface area contributed by atoms with Crippen molar-refractivity contribution in [3.8, 4) is 5.75 Å². The molecule has 0 aliphatic heterocycles. The molecule has 0 spiro atoms. The van der Waals surface area contributed by atoms with Crippen molar-refractivity contribution in [2.75, 3.05) is 0 Å². The summed E-state index contributed by atoms with van der Waals surface area (Å²) in [5.41, 5.74) is 1.13. The average Bonchev–Trinajstić information content (AvgIpc) is 2.45. The summed E-state index contributed by atoms with van der Waals surface area (Å²) in [7, 11) is 0. The number of hydrogen-bond acceptors (Lipinski definition) is 1. The number of benzene rings is 1. The molecule has 1 rings (SSSR count). The fourth-order valence-corrected chi connectivity index (χ4v) is 2.70. The molecule has 0 aliphatic rings. The van der Waals surface area contributed by atoms with Crippen LogP contribution in [0.4, 0.5) is 13.2 Å². The molecule has 0 saturated heterocycles. The minimum absolute atomic E-state index is 0.142. The lowest BCUT2D eigenvalue weighted by Crippen LogP contribution is -2.17. The SMILES string of the molecule is CCCCCC(CCCCC)c1ccc(OC(F)(F)F)cc1. The molecule has 0 aromatic heterocycles. The molecule has 0 saturated carbocycles. The van der Waals surface area contributed by atoms with Crippen molar-refractivity contribution in [1.82, 2.24) is 0 Å². The van der Waals surface area contributed by atoms with Crippen molar-refractivity contribution in [3.63, 3.8) is 0 Å². The predicted octanol–water partition coefficient (Wildman–Crippen LogP) is 6.83. The molecule has 22 heavy (non-hydrogen) atoms. The number of ether oxygens (including phenoxy) is 1. The largest absolute Gasteiger partial charge is 0.573 e. The maximum absolute atomic E-state index is 12.2. The van der Waals surface area contributed by atoms with E-state index in [4.69, 9.17) is 0 Å². The topological polar surface area (TPSA) is 9.23 Å². The molecule has 0 fully saturated rings. The first-order valence-corrected chi connectivity index (χ1v) is 8.32. The van der Waals surface area contributed by atoms with E-state index in [0.29, 0.717) is 5.92 Å². The Morgan fingerprint density at radius 1 is 0.864 bits per heavy atom. The fourth-order valence-electron chi connectivity index (χ4n) is 2.70. The van der Waals surface area contributed by atoms with E-state index in [2.05, 4.69) is 18.6 Å². The molecule has 1 aromatic rings. The van der Waals surface area contributed by atoms with E-state index in [1.807, 2.05) is 0 Å². The Morgan fingerprint density at radius 2 is 1.36 bits per heavy atom. The first kappa shape index (κ1) is 18.9. The van der Waals surface area contributed by atoms with Gasteiger partial charge in [-0.2, -0.15) is 0 Å². The third-order valence-corrected chi connectivity index (χ3v) is 3.90. The first-order valence-electron chi connectivity index (χ1n) is 8.32. The third-order valence-electron chi connectivity index (χ3n) is 3.90. The highest BCUT2D eigenvalue weighted by atomic mass is 19.4. The Labute approximate surface area is 131 Å². The second kappa shape index (κ2) is 9.75. The Bertz CT molecular complexity index is 388. The van der Waals surface area contributed by atoms with E-state index >= 15 is 0 Å². The van der Waals surface area contributed by atoms with Crippen molar-refractivity contribution in [1.29, 1.82) is 0 Å². The monoisotopic (exact) mass is 316 g/mol. The van der Waals surface area contributed by atoms with Crippen molar-refractivity contribution in [2.24, 2.45) is 0 Å². The molecular weight excluding hydrogens is 289 g/mol. The Kier molecular flexibility index (Phi) is 8.36. The lowest BCUT2D eigenvalue weighted by molar-refractivity contribution is -0.274. The van der Waals surface area contributed by atoms with Gasteiger partial charge in [0.05, 0.1) is 0 Å². The molecule has 0 radical (unpaired) electrons. The molecule has 0 atom stereocenters. The third kappa shape index (κ3) is 7.71. The number of alkyl halides is 3. The van der Waals surface area contributed by atoms with Crippen molar-refractivity contribution in [3.05, 3.63) is 29.8 Å². The van der Waals surface area contributed by atoms with Gasteiger partial charge in [-0.3, -0.25) is 0 Å². The molecular formula is C18H27F3O. The second-order valence-electron chi connectivity index (χ2n) is 5.81. The van der Waals surface area contributed by atoms with Gasteiger partial charge in [0.25, 0.3) is 0 Å². The molecule has 0 amide bonds. The van der Waals surface area contributed by atoms with Gasteiger partial charge in [0.1, 0.15) is 5.75 Å². The molecule has 0 heterocycles. The molecule has 0 N–H and O–H groups in total. The highest BCUT2D eigenvalue weighted by molar-refractivity contribution is 5.29. The van der Waals surface area contributed by atoms with E-state index in [-0.39, 0.29) is 5.75 Å². The average molecular weight is 316 g/mol. The normalized spacial score (nSPS) is 11.9. The van der Waals surface area contributed by atoms with Gasteiger partial charge >= 0.3 is 6.36 Å². The highest BCUT2D eigenvalue weighted by Crippen LogP contribution is 2.30. The van der Waals surface area contributed by atoms with E-state index in [1.165, 1.54) is 50.7 Å². The Morgan fingerprint density at radius 3 is 1.77 bits per heavy atom. The van der Waals surface area contributed by atoms with Crippen molar-refractivity contribution < 1.29 is 17.9 Å². The standard InChI is InChI=1S/C18H27F3O/c1-3-5-7-9-15(10-8-6-4-2)16-11-13-17(14-12-16)22-18(19,20)21/h11-15H,3-10H2,1-2H3. The lowest BCUT2D eigenvalue weighted by atomic mass is 9.88.